The lowest BCUT2D eigenvalue weighted by molar-refractivity contribution is 0.470. The van der Waals surface area contributed by atoms with Crippen LogP contribution in [0.1, 0.15) is 11.1 Å². The number of hydrogen-bond donors (Lipinski definition) is 3. The van der Waals surface area contributed by atoms with E-state index in [9.17, 15) is 5.11 Å². The predicted octanol–water partition coefficient (Wildman–Crippen LogP) is 1.00. The van der Waals surface area contributed by atoms with Gasteiger partial charge in [-0.15, -0.1) is 0 Å². The van der Waals surface area contributed by atoms with Gasteiger partial charge in [0.25, 0.3) is 0 Å². The molecular weight excluding hydrogens is 226 g/mol. The van der Waals surface area contributed by atoms with E-state index in [0.717, 1.165) is 5.56 Å². The Kier molecular flexibility index (Phi) is 2.78. The number of rotatable bonds is 2. The minimum absolute atomic E-state index is 0.160. The molecule has 6 nitrogen and oxygen atoms in total. The van der Waals surface area contributed by atoms with Crippen molar-refractivity contribution in [1.29, 1.82) is 0 Å². The van der Waals surface area contributed by atoms with E-state index in [1.165, 1.54) is 0 Å². The Morgan fingerprint density at radius 2 is 2.31 bits per heavy atom. The fourth-order valence-electron chi connectivity index (χ4n) is 1.23. The molecule has 0 aliphatic carbocycles. The first-order valence-electron chi connectivity index (χ1n) is 4.52. The third-order valence-corrected chi connectivity index (χ3v) is 2.38. The highest BCUT2D eigenvalue weighted by molar-refractivity contribution is 7.81. The summed E-state index contributed by atoms with van der Waals surface area (Å²) in [6.45, 7) is 1.80. The standard InChI is InChI=1S/C9H9N5OS/c1-5-3-2-4-6(7(5)15)8(16)10-9-11-13-14-12-9/h2-4,15H,1H3,(H2,10,11,12,13,14,16). The number of phenols is 1. The van der Waals surface area contributed by atoms with E-state index in [1.807, 2.05) is 6.07 Å². The molecule has 0 radical (unpaired) electrons. The van der Waals surface area contributed by atoms with Crippen molar-refractivity contribution in [2.75, 3.05) is 5.32 Å². The number of tetrazole rings is 1. The Bertz CT molecular complexity index is 511. The topological polar surface area (TPSA) is 86.7 Å². The van der Waals surface area contributed by atoms with Crippen molar-refractivity contribution in [2.24, 2.45) is 0 Å². The molecule has 0 spiro atoms. The number of aromatic amines is 1. The number of nitrogens with one attached hydrogen (secondary N) is 2. The van der Waals surface area contributed by atoms with Crippen molar-refractivity contribution in [3.8, 4) is 5.75 Å². The first-order valence-corrected chi connectivity index (χ1v) is 4.93. The van der Waals surface area contributed by atoms with Crippen molar-refractivity contribution in [2.45, 2.75) is 6.92 Å². The second-order valence-electron chi connectivity index (χ2n) is 3.18. The van der Waals surface area contributed by atoms with E-state index < -0.39 is 0 Å². The van der Waals surface area contributed by atoms with Crippen LogP contribution in [-0.2, 0) is 0 Å². The number of hydrogen-bond acceptors (Lipinski definition) is 5. The number of nitrogens with zero attached hydrogens (tertiary/aromatic N) is 3. The molecule has 7 heteroatoms. The molecule has 0 aliphatic rings. The molecule has 16 heavy (non-hydrogen) atoms. The molecular formula is C9H9N5OS. The van der Waals surface area contributed by atoms with Crippen LogP contribution in [-0.4, -0.2) is 30.7 Å². The van der Waals surface area contributed by atoms with Crippen LogP contribution < -0.4 is 5.32 Å². The smallest absolute Gasteiger partial charge is 0.245 e. The van der Waals surface area contributed by atoms with E-state index >= 15 is 0 Å². The van der Waals surface area contributed by atoms with Gasteiger partial charge in [-0.3, -0.25) is 0 Å². The summed E-state index contributed by atoms with van der Waals surface area (Å²) < 4.78 is 0. The lowest BCUT2D eigenvalue weighted by Crippen LogP contribution is -2.12. The molecule has 2 aromatic rings. The summed E-state index contributed by atoms with van der Waals surface area (Å²) in [5.41, 5.74) is 1.31. The summed E-state index contributed by atoms with van der Waals surface area (Å²) >= 11 is 5.13. The largest absolute Gasteiger partial charge is 0.507 e. The molecule has 0 aliphatic heterocycles. The Balaban J connectivity index is 2.24. The summed E-state index contributed by atoms with van der Waals surface area (Å²) in [7, 11) is 0. The molecule has 1 aromatic carbocycles. The van der Waals surface area contributed by atoms with E-state index in [0.29, 0.717) is 16.5 Å². The van der Waals surface area contributed by atoms with E-state index in [-0.39, 0.29) is 5.75 Å². The zero-order chi connectivity index (χ0) is 11.5. The fourth-order valence-corrected chi connectivity index (χ4v) is 1.49. The molecule has 82 valence electrons. The minimum Gasteiger partial charge on any atom is -0.507 e. The van der Waals surface area contributed by atoms with Crippen molar-refractivity contribution < 1.29 is 5.11 Å². The molecule has 1 aromatic heterocycles. The van der Waals surface area contributed by atoms with Gasteiger partial charge in [-0.1, -0.05) is 29.4 Å². The Labute approximate surface area is 96.7 Å². The molecule has 0 saturated carbocycles. The number of anilines is 1. The summed E-state index contributed by atoms with van der Waals surface area (Å²) in [4.78, 5) is 0.361. The Hall–Kier alpha value is -2.02. The van der Waals surface area contributed by atoms with Gasteiger partial charge in [-0.05, 0) is 29.0 Å². The predicted molar refractivity (Wildman–Crippen MR) is 62.3 cm³/mol. The van der Waals surface area contributed by atoms with E-state index in [2.05, 4.69) is 25.9 Å². The summed E-state index contributed by atoms with van der Waals surface area (Å²) in [6.07, 6.45) is 0. The maximum Gasteiger partial charge on any atom is 0.245 e. The summed E-state index contributed by atoms with van der Waals surface area (Å²) in [5, 5.41) is 25.6. The molecule has 0 saturated heterocycles. The summed E-state index contributed by atoms with van der Waals surface area (Å²) in [6, 6.07) is 5.34. The van der Waals surface area contributed by atoms with Crippen LogP contribution in [0.4, 0.5) is 5.95 Å². The van der Waals surface area contributed by atoms with Crippen LogP contribution in [0.25, 0.3) is 0 Å². The second-order valence-corrected chi connectivity index (χ2v) is 3.58. The van der Waals surface area contributed by atoms with Crippen molar-refractivity contribution in [3.05, 3.63) is 29.3 Å². The fraction of sp³-hybridized carbons (Fsp3) is 0.111. The van der Waals surface area contributed by atoms with Gasteiger partial charge in [0.15, 0.2) is 0 Å². The van der Waals surface area contributed by atoms with E-state index in [4.69, 9.17) is 12.2 Å². The highest BCUT2D eigenvalue weighted by atomic mass is 32.1. The molecule has 1 heterocycles. The number of para-hydroxylation sites is 1. The number of aryl methyl sites for hydroxylation is 1. The van der Waals surface area contributed by atoms with Crippen LogP contribution >= 0.6 is 12.2 Å². The molecule has 2 rings (SSSR count). The van der Waals surface area contributed by atoms with Gasteiger partial charge >= 0.3 is 0 Å². The Morgan fingerprint density at radius 1 is 1.50 bits per heavy atom. The molecule has 0 amide bonds. The Morgan fingerprint density at radius 3 is 3.00 bits per heavy atom. The highest BCUT2D eigenvalue weighted by Crippen LogP contribution is 2.22. The minimum atomic E-state index is 0.160. The highest BCUT2D eigenvalue weighted by Gasteiger charge is 2.10. The SMILES string of the molecule is Cc1cccc(C(=S)Nc2nnn[nH]2)c1O. The molecule has 0 unspecified atom stereocenters. The lowest BCUT2D eigenvalue weighted by atomic mass is 10.1. The number of aromatic nitrogens is 4. The maximum atomic E-state index is 9.81. The van der Waals surface area contributed by atoms with Crippen LogP contribution in [0.15, 0.2) is 18.2 Å². The van der Waals surface area contributed by atoms with Crippen LogP contribution in [0.5, 0.6) is 5.75 Å². The van der Waals surface area contributed by atoms with Gasteiger partial charge in [0.2, 0.25) is 5.95 Å². The molecule has 0 fully saturated rings. The van der Waals surface area contributed by atoms with Gasteiger partial charge in [0.1, 0.15) is 10.7 Å². The van der Waals surface area contributed by atoms with Crippen LogP contribution in [0.3, 0.4) is 0 Å². The molecule has 3 N–H and O–H groups in total. The third-order valence-electron chi connectivity index (χ3n) is 2.06. The summed E-state index contributed by atoms with van der Waals surface area (Å²) in [5.74, 6) is 0.499. The van der Waals surface area contributed by atoms with Gasteiger partial charge < -0.3 is 10.4 Å². The first-order chi connectivity index (χ1) is 7.68. The molecule has 0 bridgehead atoms. The quantitative estimate of drug-likeness (QED) is 0.673. The zero-order valence-electron chi connectivity index (χ0n) is 8.43. The lowest BCUT2D eigenvalue weighted by Gasteiger charge is -2.08. The van der Waals surface area contributed by atoms with Gasteiger partial charge in [0.05, 0.1) is 5.56 Å². The second kappa shape index (κ2) is 4.23. The maximum absolute atomic E-state index is 9.81. The zero-order valence-corrected chi connectivity index (χ0v) is 9.25. The monoisotopic (exact) mass is 235 g/mol. The van der Waals surface area contributed by atoms with Crippen molar-refractivity contribution >= 4 is 23.2 Å². The van der Waals surface area contributed by atoms with Crippen molar-refractivity contribution in [3.63, 3.8) is 0 Å². The first kappa shape index (κ1) is 10.5. The van der Waals surface area contributed by atoms with Crippen molar-refractivity contribution in [1.82, 2.24) is 20.6 Å². The number of thiocarbonyl (C=S) groups is 1. The number of H-pyrrole nitrogens is 1. The van der Waals surface area contributed by atoms with Gasteiger partial charge in [-0.25, -0.2) is 5.10 Å². The van der Waals surface area contributed by atoms with Gasteiger partial charge in [-0.2, -0.15) is 0 Å². The average molecular weight is 235 g/mol. The number of benzene rings is 1. The van der Waals surface area contributed by atoms with Crippen LogP contribution in [0, 0.1) is 6.92 Å². The number of phenolic OH excluding ortho intramolecular Hbond substituents is 1. The third kappa shape index (κ3) is 1.98. The normalized spacial score (nSPS) is 10.1. The average Bonchev–Trinajstić information content (AvgIpc) is 2.74. The molecule has 0 atom stereocenters. The van der Waals surface area contributed by atoms with E-state index in [1.54, 1.807) is 19.1 Å². The number of aromatic hydroxyl groups is 1. The van der Waals surface area contributed by atoms with Gasteiger partial charge in [0, 0.05) is 0 Å². The van der Waals surface area contributed by atoms with Crippen LogP contribution in [0.2, 0.25) is 0 Å².